The molecule has 3 aromatic rings. The quantitative estimate of drug-likeness (QED) is 0.559. The Bertz CT molecular complexity index is 1170. The molecular weight excluding hydrogens is 400 g/mol. The minimum atomic E-state index is -0.128. The highest BCUT2D eigenvalue weighted by Crippen LogP contribution is 2.44. The Morgan fingerprint density at radius 2 is 2.00 bits per heavy atom. The van der Waals surface area contributed by atoms with Gasteiger partial charge in [-0.25, -0.2) is 0 Å². The van der Waals surface area contributed by atoms with Gasteiger partial charge in [-0.1, -0.05) is 29.8 Å². The minimum absolute atomic E-state index is 0.128. The van der Waals surface area contributed by atoms with Crippen LogP contribution in [0.4, 0.5) is 0 Å². The highest BCUT2D eigenvalue weighted by Gasteiger charge is 2.35. The van der Waals surface area contributed by atoms with Gasteiger partial charge in [-0.2, -0.15) is 0 Å². The van der Waals surface area contributed by atoms with Crippen molar-refractivity contribution in [1.29, 1.82) is 0 Å². The number of hydrogen-bond acceptors (Lipinski definition) is 5. The Balaban J connectivity index is 1.49. The lowest BCUT2D eigenvalue weighted by Gasteiger charge is -2.30. The molecule has 6 heteroatoms. The number of nitrogens with zero attached hydrogens (tertiary/aromatic N) is 2. The number of ketones is 1. The Hall–Kier alpha value is -3.15. The third-order valence-corrected chi connectivity index (χ3v) is 5.68. The van der Waals surface area contributed by atoms with Gasteiger partial charge < -0.3 is 9.47 Å². The molecule has 150 valence electrons. The first-order chi connectivity index (χ1) is 14.6. The molecule has 0 amide bonds. The number of aromatic nitrogens is 1. The lowest BCUT2D eigenvalue weighted by Crippen LogP contribution is -2.31. The van der Waals surface area contributed by atoms with Gasteiger partial charge in [-0.3, -0.25) is 14.7 Å². The summed E-state index contributed by atoms with van der Waals surface area (Å²) < 4.78 is 12.1. The summed E-state index contributed by atoms with van der Waals surface area (Å²) in [5.74, 6) is 1.51. The first-order valence-electron chi connectivity index (χ1n) is 9.69. The third kappa shape index (κ3) is 3.36. The Morgan fingerprint density at radius 1 is 1.20 bits per heavy atom. The fourth-order valence-electron chi connectivity index (χ4n) is 3.86. The van der Waals surface area contributed by atoms with Crippen molar-refractivity contribution in [3.05, 3.63) is 93.5 Å². The van der Waals surface area contributed by atoms with Gasteiger partial charge >= 0.3 is 0 Å². The molecule has 2 aliphatic heterocycles. The van der Waals surface area contributed by atoms with E-state index in [-0.39, 0.29) is 11.5 Å². The van der Waals surface area contributed by atoms with Crippen LogP contribution in [0.2, 0.25) is 5.02 Å². The maximum atomic E-state index is 13.1. The number of pyridine rings is 1. The van der Waals surface area contributed by atoms with Crippen LogP contribution in [0.25, 0.3) is 6.08 Å². The van der Waals surface area contributed by atoms with Gasteiger partial charge in [-0.05, 0) is 54.0 Å². The summed E-state index contributed by atoms with van der Waals surface area (Å²) in [4.78, 5) is 19.3. The summed E-state index contributed by atoms with van der Waals surface area (Å²) in [6.45, 7) is 3.74. The molecule has 0 radical (unpaired) electrons. The van der Waals surface area contributed by atoms with Crippen molar-refractivity contribution < 1.29 is 14.3 Å². The van der Waals surface area contributed by atoms with Gasteiger partial charge in [-0.15, -0.1) is 0 Å². The molecule has 2 aromatic carbocycles. The number of benzene rings is 2. The van der Waals surface area contributed by atoms with E-state index in [1.165, 1.54) is 0 Å². The van der Waals surface area contributed by atoms with Gasteiger partial charge in [0, 0.05) is 30.5 Å². The van der Waals surface area contributed by atoms with E-state index in [4.69, 9.17) is 21.1 Å². The van der Waals surface area contributed by atoms with Crippen molar-refractivity contribution in [2.75, 3.05) is 6.73 Å². The minimum Gasteiger partial charge on any atom is -0.478 e. The first kappa shape index (κ1) is 18.9. The van der Waals surface area contributed by atoms with Crippen molar-refractivity contribution in [2.45, 2.75) is 20.0 Å². The second kappa shape index (κ2) is 7.59. The largest absolute Gasteiger partial charge is 0.478 e. The number of allylic oxidation sites excluding steroid dienone is 1. The summed E-state index contributed by atoms with van der Waals surface area (Å²) in [7, 11) is 0. The monoisotopic (exact) mass is 418 g/mol. The molecule has 0 N–H and O–H groups in total. The fraction of sp³-hybridized carbons (Fsp3) is 0.167. The molecule has 30 heavy (non-hydrogen) atoms. The molecule has 0 bridgehead atoms. The number of Topliss-reactive ketones (excluding diaryl/α,β-unsaturated/α-hetero) is 1. The maximum absolute atomic E-state index is 13.1. The van der Waals surface area contributed by atoms with Crippen LogP contribution in [0, 0.1) is 6.92 Å². The Kier molecular flexibility index (Phi) is 4.77. The zero-order valence-corrected chi connectivity index (χ0v) is 17.1. The zero-order chi connectivity index (χ0) is 20.7. The average molecular weight is 419 g/mol. The smallest absolute Gasteiger partial charge is 0.232 e. The van der Waals surface area contributed by atoms with E-state index in [1.807, 2.05) is 43.3 Å². The highest BCUT2D eigenvalue weighted by molar-refractivity contribution is 6.32. The van der Waals surface area contributed by atoms with E-state index in [9.17, 15) is 4.79 Å². The number of rotatable bonds is 3. The summed E-state index contributed by atoms with van der Waals surface area (Å²) >= 11 is 6.26. The summed E-state index contributed by atoms with van der Waals surface area (Å²) in [6, 6.07) is 13.3. The predicted octanol–water partition coefficient (Wildman–Crippen LogP) is 5.01. The molecule has 0 fully saturated rings. The maximum Gasteiger partial charge on any atom is 0.232 e. The molecule has 0 saturated carbocycles. The Labute approximate surface area is 179 Å². The van der Waals surface area contributed by atoms with E-state index in [1.54, 1.807) is 24.5 Å². The van der Waals surface area contributed by atoms with E-state index in [0.717, 1.165) is 34.5 Å². The van der Waals surface area contributed by atoms with Crippen molar-refractivity contribution >= 4 is 23.5 Å². The molecule has 2 aliphatic rings. The molecule has 5 nitrogen and oxygen atoms in total. The molecule has 0 spiro atoms. The second-order valence-electron chi connectivity index (χ2n) is 7.45. The molecule has 0 saturated heterocycles. The van der Waals surface area contributed by atoms with Gasteiger partial charge in [0.05, 0.1) is 11.1 Å². The molecule has 0 atom stereocenters. The molecule has 1 aromatic heterocycles. The SMILES string of the molecule is Cc1cc2c(c3c1C(=O)/C(=C/c1ccccc1Cl)O3)CN(Cc1ccncc1)CO2. The highest BCUT2D eigenvalue weighted by atomic mass is 35.5. The van der Waals surface area contributed by atoms with Crippen molar-refractivity contribution in [1.82, 2.24) is 9.88 Å². The average Bonchev–Trinajstić information content (AvgIpc) is 3.08. The van der Waals surface area contributed by atoms with Crippen LogP contribution in [0.15, 0.2) is 60.6 Å². The first-order valence-corrected chi connectivity index (χ1v) is 10.1. The van der Waals surface area contributed by atoms with Gasteiger partial charge in [0.1, 0.15) is 18.2 Å². The van der Waals surface area contributed by atoms with E-state index in [0.29, 0.717) is 29.6 Å². The van der Waals surface area contributed by atoms with Crippen LogP contribution in [0.3, 0.4) is 0 Å². The number of hydrogen-bond donors (Lipinski definition) is 0. The van der Waals surface area contributed by atoms with Crippen LogP contribution in [0.1, 0.15) is 32.6 Å². The zero-order valence-electron chi connectivity index (χ0n) is 16.4. The van der Waals surface area contributed by atoms with Crippen LogP contribution in [-0.2, 0) is 13.1 Å². The normalized spacial score (nSPS) is 16.7. The van der Waals surface area contributed by atoms with Crippen LogP contribution >= 0.6 is 11.6 Å². The fourth-order valence-corrected chi connectivity index (χ4v) is 4.05. The third-order valence-electron chi connectivity index (χ3n) is 5.34. The van der Waals surface area contributed by atoms with Crippen molar-refractivity contribution in [2.24, 2.45) is 0 Å². The number of halogens is 1. The van der Waals surface area contributed by atoms with Gasteiger partial charge in [0.15, 0.2) is 5.76 Å². The van der Waals surface area contributed by atoms with E-state index in [2.05, 4.69) is 9.88 Å². The number of ether oxygens (including phenoxy) is 2. The van der Waals surface area contributed by atoms with E-state index < -0.39 is 0 Å². The molecular formula is C24H19ClN2O3. The summed E-state index contributed by atoms with van der Waals surface area (Å²) in [5.41, 5.74) is 4.24. The molecule has 3 heterocycles. The number of aryl methyl sites for hydroxylation is 1. The summed E-state index contributed by atoms with van der Waals surface area (Å²) in [6.07, 6.45) is 5.26. The van der Waals surface area contributed by atoms with Gasteiger partial charge in [0.2, 0.25) is 5.78 Å². The van der Waals surface area contributed by atoms with Gasteiger partial charge in [0.25, 0.3) is 0 Å². The van der Waals surface area contributed by atoms with Crippen LogP contribution < -0.4 is 9.47 Å². The second-order valence-corrected chi connectivity index (χ2v) is 7.86. The number of carbonyl (C=O) groups excluding carboxylic acids is 1. The standard InChI is InChI=1S/C24H19ClN2O3/c1-15-10-20-18(13-27(14-29-20)12-16-6-8-26-9-7-16)24-22(15)23(28)21(30-24)11-17-4-2-3-5-19(17)25/h2-11H,12-14H2,1H3/b21-11-. The number of fused-ring (bicyclic) bond motifs is 3. The van der Waals surface area contributed by atoms with Crippen molar-refractivity contribution in [3.63, 3.8) is 0 Å². The topological polar surface area (TPSA) is 51.7 Å². The molecule has 0 unspecified atom stereocenters. The lowest BCUT2D eigenvalue weighted by atomic mass is 9.98. The molecule has 0 aliphatic carbocycles. The summed E-state index contributed by atoms with van der Waals surface area (Å²) in [5, 5.41) is 0.572. The lowest BCUT2D eigenvalue weighted by molar-refractivity contribution is 0.0872. The van der Waals surface area contributed by atoms with Crippen LogP contribution in [0.5, 0.6) is 11.5 Å². The Morgan fingerprint density at radius 3 is 2.80 bits per heavy atom. The predicted molar refractivity (Wildman–Crippen MR) is 115 cm³/mol. The van der Waals surface area contributed by atoms with Crippen LogP contribution in [-0.4, -0.2) is 22.4 Å². The number of carbonyl (C=O) groups is 1. The van der Waals surface area contributed by atoms with E-state index >= 15 is 0 Å². The van der Waals surface area contributed by atoms with Crippen molar-refractivity contribution in [3.8, 4) is 11.5 Å². The molecule has 5 rings (SSSR count).